The molecule has 0 fully saturated rings. The number of nitrogens with zero attached hydrogens (tertiary/aromatic N) is 3. The second-order valence-electron chi connectivity index (χ2n) is 6.20. The molecular formula is C18H15ClF4N4O3. The molecule has 3 rings (SSSR count). The number of esters is 1. The van der Waals surface area contributed by atoms with Gasteiger partial charge in [-0.3, -0.25) is 9.20 Å². The van der Waals surface area contributed by atoms with E-state index in [1.165, 1.54) is 6.92 Å². The fourth-order valence-corrected chi connectivity index (χ4v) is 3.03. The van der Waals surface area contributed by atoms with Crippen LogP contribution < -0.4 is 10.9 Å². The van der Waals surface area contributed by atoms with Gasteiger partial charge in [0.05, 0.1) is 23.0 Å². The Morgan fingerprint density at radius 3 is 2.67 bits per heavy atom. The second kappa shape index (κ2) is 7.98. The summed E-state index contributed by atoms with van der Waals surface area (Å²) < 4.78 is 60.6. The van der Waals surface area contributed by atoms with Crippen molar-refractivity contribution in [3.05, 3.63) is 57.5 Å². The van der Waals surface area contributed by atoms with Gasteiger partial charge in [0.25, 0.3) is 5.56 Å². The predicted octanol–water partition coefficient (Wildman–Crippen LogP) is 3.66. The Morgan fingerprint density at radius 1 is 1.33 bits per heavy atom. The lowest BCUT2D eigenvalue weighted by Gasteiger charge is -2.18. The molecule has 2 heterocycles. The van der Waals surface area contributed by atoms with E-state index >= 15 is 0 Å². The van der Waals surface area contributed by atoms with Crippen LogP contribution in [0.15, 0.2) is 35.4 Å². The van der Waals surface area contributed by atoms with Crippen molar-refractivity contribution >= 4 is 29.0 Å². The molecule has 0 spiro atoms. The van der Waals surface area contributed by atoms with Crippen molar-refractivity contribution in [3.8, 4) is 5.69 Å². The quantitative estimate of drug-likeness (QED) is 0.478. The third kappa shape index (κ3) is 3.97. The molecular weight excluding hydrogens is 432 g/mol. The molecule has 1 aromatic carbocycles. The van der Waals surface area contributed by atoms with Crippen LogP contribution >= 0.6 is 11.6 Å². The van der Waals surface area contributed by atoms with Gasteiger partial charge in [0.2, 0.25) is 5.78 Å². The number of imidazole rings is 1. The number of carbonyl (C=O) groups is 1. The first-order valence-corrected chi connectivity index (χ1v) is 9.01. The van der Waals surface area contributed by atoms with E-state index in [0.717, 1.165) is 24.5 Å². The molecule has 1 atom stereocenters. The van der Waals surface area contributed by atoms with Crippen molar-refractivity contribution in [1.29, 1.82) is 0 Å². The Kier molecular flexibility index (Phi) is 5.75. The zero-order chi connectivity index (χ0) is 22.2. The number of rotatable bonds is 5. The summed E-state index contributed by atoms with van der Waals surface area (Å²) in [4.78, 5) is 28.1. The summed E-state index contributed by atoms with van der Waals surface area (Å²) in [7, 11) is 0. The zero-order valence-electron chi connectivity index (χ0n) is 15.6. The summed E-state index contributed by atoms with van der Waals surface area (Å²) in [6.07, 6.45) is -2.77. The third-order valence-corrected chi connectivity index (χ3v) is 4.45. The minimum Gasteiger partial charge on any atom is -0.464 e. The first-order chi connectivity index (χ1) is 14.0. The van der Waals surface area contributed by atoms with Gasteiger partial charge in [0.15, 0.2) is 0 Å². The van der Waals surface area contributed by atoms with Crippen LogP contribution in [-0.4, -0.2) is 32.6 Å². The topological polar surface area (TPSA) is 77.6 Å². The number of benzene rings is 1. The summed E-state index contributed by atoms with van der Waals surface area (Å²) in [5.74, 6) is -2.01. The van der Waals surface area contributed by atoms with Gasteiger partial charge in [0, 0.05) is 18.5 Å². The molecule has 0 saturated carbocycles. The van der Waals surface area contributed by atoms with Crippen molar-refractivity contribution in [2.24, 2.45) is 0 Å². The van der Waals surface area contributed by atoms with Crippen LogP contribution in [0.5, 0.6) is 0 Å². The average Bonchev–Trinajstić information content (AvgIpc) is 3.12. The number of nitrogens with one attached hydrogen (secondary N) is 1. The monoisotopic (exact) mass is 446 g/mol. The Hall–Kier alpha value is -3.08. The minimum absolute atomic E-state index is 0.0742. The van der Waals surface area contributed by atoms with Gasteiger partial charge in [-0.1, -0.05) is 11.6 Å². The van der Waals surface area contributed by atoms with E-state index in [1.807, 2.05) is 0 Å². The number of hydrogen-bond donors (Lipinski definition) is 1. The smallest absolute Gasteiger partial charge is 0.432 e. The summed E-state index contributed by atoms with van der Waals surface area (Å²) in [6.45, 7) is 3.25. The Labute approximate surface area is 171 Å². The summed E-state index contributed by atoms with van der Waals surface area (Å²) in [6, 6.07) is 1.46. The lowest BCUT2D eigenvalue weighted by molar-refractivity contribution is -0.144. The largest absolute Gasteiger partial charge is 0.464 e. The van der Waals surface area contributed by atoms with Crippen LogP contribution in [0.2, 0.25) is 5.02 Å². The number of fused-ring (bicyclic) bond motifs is 1. The molecule has 0 aliphatic rings. The van der Waals surface area contributed by atoms with E-state index in [2.05, 4.69) is 10.3 Å². The van der Waals surface area contributed by atoms with Gasteiger partial charge in [0.1, 0.15) is 17.6 Å². The van der Waals surface area contributed by atoms with Crippen LogP contribution in [0, 0.1) is 5.82 Å². The average molecular weight is 447 g/mol. The number of alkyl halides is 3. The van der Waals surface area contributed by atoms with Crippen molar-refractivity contribution in [2.75, 3.05) is 11.9 Å². The Bertz CT molecular complexity index is 1170. The molecule has 30 heavy (non-hydrogen) atoms. The standard InChI is InChI=1S/C18H15ClF4N4O3/c1-3-30-16(29)9(2)25-12-7-13(11(20)6-10(12)19)27-15(28)8-14(18(21,22)23)26-5-4-24-17(26)27/h4-9,25H,3H2,1-2H3. The molecule has 160 valence electrons. The first-order valence-electron chi connectivity index (χ1n) is 8.63. The number of anilines is 1. The van der Waals surface area contributed by atoms with Crippen LogP contribution in [-0.2, 0) is 15.7 Å². The number of ether oxygens (including phenoxy) is 1. The van der Waals surface area contributed by atoms with E-state index in [4.69, 9.17) is 16.3 Å². The normalized spacial score (nSPS) is 12.8. The number of hydrogen-bond acceptors (Lipinski definition) is 5. The maximum Gasteiger partial charge on any atom is 0.432 e. The lowest BCUT2D eigenvalue weighted by Crippen LogP contribution is -2.29. The highest BCUT2D eigenvalue weighted by Gasteiger charge is 2.35. The van der Waals surface area contributed by atoms with Gasteiger partial charge in [-0.25, -0.2) is 18.7 Å². The van der Waals surface area contributed by atoms with E-state index in [9.17, 15) is 27.2 Å². The molecule has 3 aromatic rings. The summed E-state index contributed by atoms with van der Waals surface area (Å²) >= 11 is 6.03. The molecule has 0 radical (unpaired) electrons. The third-order valence-electron chi connectivity index (χ3n) is 4.14. The first kappa shape index (κ1) is 21.6. The van der Waals surface area contributed by atoms with Crippen molar-refractivity contribution in [3.63, 3.8) is 0 Å². The highest BCUT2D eigenvalue weighted by Crippen LogP contribution is 2.31. The number of carbonyl (C=O) groups excluding carboxylic acids is 1. The molecule has 0 aliphatic carbocycles. The zero-order valence-corrected chi connectivity index (χ0v) is 16.4. The summed E-state index contributed by atoms with van der Waals surface area (Å²) in [5.41, 5.74) is -2.72. The van der Waals surface area contributed by atoms with Crippen LogP contribution in [0.3, 0.4) is 0 Å². The van der Waals surface area contributed by atoms with Crippen LogP contribution in [0.4, 0.5) is 23.2 Å². The molecule has 1 unspecified atom stereocenters. The SMILES string of the molecule is CCOC(=O)C(C)Nc1cc(-n2c(=O)cc(C(F)(F)F)n3ccnc23)c(F)cc1Cl. The van der Waals surface area contributed by atoms with Crippen molar-refractivity contribution in [1.82, 2.24) is 14.0 Å². The van der Waals surface area contributed by atoms with E-state index in [1.54, 1.807) is 6.92 Å². The minimum atomic E-state index is -4.82. The Morgan fingerprint density at radius 2 is 2.03 bits per heavy atom. The predicted molar refractivity (Wildman–Crippen MR) is 100 cm³/mol. The van der Waals surface area contributed by atoms with Gasteiger partial charge in [-0.2, -0.15) is 13.2 Å². The van der Waals surface area contributed by atoms with E-state index in [0.29, 0.717) is 15.0 Å². The maximum absolute atomic E-state index is 14.7. The van der Waals surface area contributed by atoms with Crippen molar-refractivity contribution < 1.29 is 27.1 Å². The van der Waals surface area contributed by atoms with Crippen molar-refractivity contribution in [2.45, 2.75) is 26.1 Å². The molecule has 2 aromatic heterocycles. The summed E-state index contributed by atoms with van der Waals surface area (Å²) in [5, 5.41) is 2.63. The number of aromatic nitrogens is 3. The molecule has 1 N–H and O–H groups in total. The molecule has 7 nitrogen and oxygen atoms in total. The van der Waals surface area contributed by atoms with Gasteiger partial charge < -0.3 is 10.1 Å². The van der Waals surface area contributed by atoms with E-state index in [-0.39, 0.29) is 17.3 Å². The molecule has 12 heteroatoms. The fourth-order valence-electron chi connectivity index (χ4n) is 2.82. The molecule has 0 bridgehead atoms. The highest BCUT2D eigenvalue weighted by molar-refractivity contribution is 6.33. The Balaban J connectivity index is 2.17. The second-order valence-corrected chi connectivity index (χ2v) is 6.61. The molecule has 0 amide bonds. The number of halogens is 5. The highest BCUT2D eigenvalue weighted by atomic mass is 35.5. The van der Waals surface area contributed by atoms with Crippen LogP contribution in [0.1, 0.15) is 19.5 Å². The van der Waals surface area contributed by atoms with Gasteiger partial charge in [-0.05, 0) is 26.0 Å². The molecule has 0 aliphatic heterocycles. The lowest BCUT2D eigenvalue weighted by atomic mass is 10.2. The van der Waals surface area contributed by atoms with Crippen LogP contribution in [0.25, 0.3) is 11.5 Å². The molecule has 0 saturated heterocycles. The van der Waals surface area contributed by atoms with E-state index < -0.39 is 46.7 Å². The van der Waals surface area contributed by atoms with Gasteiger partial charge >= 0.3 is 12.1 Å². The maximum atomic E-state index is 14.7. The van der Waals surface area contributed by atoms with Gasteiger partial charge in [-0.15, -0.1) is 0 Å². The fraction of sp³-hybridized carbons (Fsp3) is 0.278.